The number of fused-ring (bicyclic) bond motifs is 1. The molecule has 2 aromatic carbocycles. The second kappa shape index (κ2) is 8.33. The molecular weight excluding hydrogens is 369 g/mol. The van der Waals surface area contributed by atoms with E-state index in [2.05, 4.69) is 4.90 Å². The van der Waals surface area contributed by atoms with Crippen molar-refractivity contribution in [2.75, 3.05) is 20.8 Å². The molecule has 1 N–H and O–H groups in total. The standard InChI is InChI=1S/C24H30FNO3/c1-28-18-10-11-19(22(15-18)29-2)23-20-8-5-6-12-24(20,27)13-14-26(23)16-17-7-3-4-9-21(17)25/h3-4,7,9-11,15,20,23,27H,5-6,8,12-14,16H2,1-2H3/t20-,23+,24-/m1/s1. The molecule has 0 amide bonds. The van der Waals surface area contributed by atoms with Gasteiger partial charge in [-0.1, -0.05) is 37.1 Å². The number of nitrogens with zero attached hydrogens (tertiary/aromatic N) is 1. The molecule has 1 aliphatic carbocycles. The molecule has 0 radical (unpaired) electrons. The van der Waals surface area contributed by atoms with E-state index in [-0.39, 0.29) is 17.8 Å². The summed E-state index contributed by atoms with van der Waals surface area (Å²) in [7, 11) is 3.30. The van der Waals surface area contributed by atoms with Crippen LogP contribution >= 0.6 is 0 Å². The van der Waals surface area contributed by atoms with E-state index in [1.54, 1.807) is 20.3 Å². The fourth-order valence-corrected chi connectivity index (χ4v) is 5.24. The molecule has 0 aromatic heterocycles. The van der Waals surface area contributed by atoms with Crippen LogP contribution in [0, 0.1) is 11.7 Å². The van der Waals surface area contributed by atoms with Gasteiger partial charge in [-0.3, -0.25) is 4.90 Å². The van der Waals surface area contributed by atoms with Gasteiger partial charge in [-0.25, -0.2) is 4.39 Å². The molecule has 1 heterocycles. The van der Waals surface area contributed by atoms with E-state index in [4.69, 9.17) is 9.47 Å². The molecular formula is C24H30FNO3. The topological polar surface area (TPSA) is 41.9 Å². The first-order chi connectivity index (χ1) is 14.1. The van der Waals surface area contributed by atoms with Crippen LogP contribution in [0.4, 0.5) is 4.39 Å². The van der Waals surface area contributed by atoms with Gasteiger partial charge in [-0.2, -0.15) is 0 Å². The number of halogens is 1. The van der Waals surface area contributed by atoms with Gasteiger partial charge in [0.1, 0.15) is 17.3 Å². The number of likely N-dealkylation sites (tertiary alicyclic amines) is 1. The minimum Gasteiger partial charge on any atom is -0.497 e. The van der Waals surface area contributed by atoms with Crippen molar-refractivity contribution >= 4 is 0 Å². The molecule has 2 fully saturated rings. The molecule has 1 saturated heterocycles. The summed E-state index contributed by atoms with van der Waals surface area (Å²) in [4.78, 5) is 2.31. The lowest BCUT2D eigenvalue weighted by Crippen LogP contribution is -2.54. The number of aliphatic hydroxyl groups is 1. The van der Waals surface area contributed by atoms with E-state index in [1.165, 1.54) is 6.07 Å². The summed E-state index contributed by atoms with van der Waals surface area (Å²) >= 11 is 0. The van der Waals surface area contributed by atoms with Crippen LogP contribution in [-0.4, -0.2) is 36.4 Å². The zero-order valence-electron chi connectivity index (χ0n) is 17.2. The molecule has 5 heteroatoms. The predicted octanol–water partition coefficient (Wildman–Crippen LogP) is 4.71. The Morgan fingerprint density at radius 2 is 1.93 bits per heavy atom. The molecule has 0 bridgehead atoms. The zero-order valence-corrected chi connectivity index (χ0v) is 17.2. The third kappa shape index (κ3) is 3.86. The summed E-state index contributed by atoms with van der Waals surface area (Å²) in [5.41, 5.74) is 1.06. The fourth-order valence-electron chi connectivity index (χ4n) is 5.24. The van der Waals surface area contributed by atoms with Crippen LogP contribution in [0.2, 0.25) is 0 Å². The number of hydrogen-bond acceptors (Lipinski definition) is 4. The lowest BCUT2D eigenvalue weighted by molar-refractivity contribution is -0.126. The number of ether oxygens (including phenoxy) is 2. The highest BCUT2D eigenvalue weighted by Gasteiger charge is 2.49. The summed E-state index contributed by atoms with van der Waals surface area (Å²) < 4.78 is 25.5. The zero-order chi connectivity index (χ0) is 20.4. The highest BCUT2D eigenvalue weighted by Crippen LogP contribution is 2.51. The van der Waals surface area contributed by atoms with Crippen molar-refractivity contribution in [1.29, 1.82) is 0 Å². The number of piperidine rings is 1. The summed E-state index contributed by atoms with van der Waals surface area (Å²) in [6.07, 6.45) is 4.69. The van der Waals surface area contributed by atoms with Crippen molar-refractivity contribution in [2.45, 2.75) is 50.3 Å². The van der Waals surface area contributed by atoms with Crippen LogP contribution in [-0.2, 0) is 6.54 Å². The average Bonchev–Trinajstić information content (AvgIpc) is 2.75. The van der Waals surface area contributed by atoms with Gasteiger partial charge in [0.25, 0.3) is 0 Å². The first kappa shape index (κ1) is 20.2. The molecule has 1 saturated carbocycles. The smallest absolute Gasteiger partial charge is 0.127 e. The quantitative estimate of drug-likeness (QED) is 0.791. The van der Waals surface area contributed by atoms with Crippen molar-refractivity contribution in [3.8, 4) is 11.5 Å². The average molecular weight is 400 g/mol. The Morgan fingerprint density at radius 3 is 2.69 bits per heavy atom. The Morgan fingerprint density at radius 1 is 1.10 bits per heavy atom. The van der Waals surface area contributed by atoms with Gasteiger partial charge in [-0.05, 0) is 31.4 Å². The lowest BCUT2D eigenvalue weighted by Gasteiger charge is -2.53. The molecule has 2 aromatic rings. The van der Waals surface area contributed by atoms with E-state index in [9.17, 15) is 9.50 Å². The molecule has 1 aliphatic heterocycles. The second-order valence-electron chi connectivity index (χ2n) is 8.32. The van der Waals surface area contributed by atoms with Crippen molar-refractivity contribution in [3.63, 3.8) is 0 Å². The molecule has 29 heavy (non-hydrogen) atoms. The molecule has 0 spiro atoms. The van der Waals surface area contributed by atoms with Crippen molar-refractivity contribution < 1.29 is 19.0 Å². The fraction of sp³-hybridized carbons (Fsp3) is 0.500. The molecule has 4 rings (SSSR count). The number of methoxy groups -OCH3 is 2. The Kier molecular flexibility index (Phi) is 5.79. The van der Waals surface area contributed by atoms with Gasteiger partial charge in [-0.15, -0.1) is 0 Å². The first-order valence-corrected chi connectivity index (χ1v) is 10.5. The Hall–Kier alpha value is -2.11. The largest absolute Gasteiger partial charge is 0.497 e. The van der Waals surface area contributed by atoms with Crippen LogP contribution in [0.1, 0.15) is 49.3 Å². The van der Waals surface area contributed by atoms with Crippen LogP contribution in [0.3, 0.4) is 0 Å². The summed E-state index contributed by atoms with van der Waals surface area (Å²) in [6.45, 7) is 1.24. The maximum atomic E-state index is 14.4. The van der Waals surface area contributed by atoms with Gasteiger partial charge >= 0.3 is 0 Å². The van der Waals surface area contributed by atoms with Crippen molar-refractivity contribution in [2.24, 2.45) is 5.92 Å². The Balaban J connectivity index is 1.76. The maximum Gasteiger partial charge on any atom is 0.127 e. The van der Waals surface area contributed by atoms with Gasteiger partial charge < -0.3 is 14.6 Å². The molecule has 3 atom stereocenters. The third-order valence-corrected chi connectivity index (χ3v) is 6.76. The minimum atomic E-state index is -0.667. The number of benzene rings is 2. The predicted molar refractivity (Wildman–Crippen MR) is 111 cm³/mol. The van der Waals surface area contributed by atoms with Crippen LogP contribution < -0.4 is 9.47 Å². The van der Waals surface area contributed by atoms with E-state index >= 15 is 0 Å². The maximum absolute atomic E-state index is 14.4. The van der Waals surface area contributed by atoms with E-state index < -0.39 is 5.60 Å². The molecule has 156 valence electrons. The van der Waals surface area contributed by atoms with Gasteiger partial charge in [0.05, 0.1) is 19.8 Å². The highest BCUT2D eigenvalue weighted by molar-refractivity contribution is 5.43. The van der Waals surface area contributed by atoms with Crippen LogP contribution in [0.25, 0.3) is 0 Å². The summed E-state index contributed by atoms with van der Waals surface area (Å²) in [6, 6.07) is 12.8. The Labute approximate surface area is 172 Å². The molecule has 0 unspecified atom stereocenters. The normalized spacial score (nSPS) is 27.3. The van der Waals surface area contributed by atoms with Crippen LogP contribution in [0.15, 0.2) is 42.5 Å². The number of hydrogen-bond donors (Lipinski definition) is 1. The monoisotopic (exact) mass is 399 g/mol. The van der Waals surface area contributed by atoms with E-state index in [1.807, 2.05) is 30.3 Å². The van der Waals surface area contributed by atoms with E-state index in [0.717, 1.165) is 55.7 Å². The minimum absolute atomic E-state index is 0.0329. The van der Waals surface area contributed by atoms with Gasteiger partial charge in [0, 0.05) is 42.2 Å². The Bertz CT molecular complexity index is 858. The van der Waals surface area contributed by atoms with Gasteiger partial charge in [0.15, 0.2) is 0 Å². The number of rotatable bonds is 5. The second-order valence-corrected chi connectivity index (χ2v) is 8.32. The van der Waals surface area contributed by atoms with Gasteiger partial charge in [0.2, 0.25) is 0 Å². The van der Waals surface area contributed by atoms with Crippen molar-refractivity contribution in [3.05, 3.63) is 59.4 Å². The highest BCUT2D eigenvalue weighted by atomic mass is 19.1. The lowest BCUT2D eigenvalue weighted by atomic mass is 9.66. The summed E-state index contributed by atoms with van der Waals surface area (Å²) in [5.74, 6) is 1.40. The third-order valence-electron chi connectivity index (χ3n) is 6.76. The molecule has 4 nitrogen and oxygen atoms in total. The SMILES string of the molecule is COc1ccc([C@H]2[C@H]3CCCC[C@@]3(O)CCN2Cc2ccccc2F)c(OC)c1. The molecule has 2 aliphatic rings. The summed E-state index contributed by atoms with van der Waals surface area (Å²) in [5, 5.41) is 11.5. The van der Waals surface area contributed by atoms with Crippen molar-refractivity contribution in [1.82, 2.24) is 4.90 Å². The van der Waals surface area contributed by atoms with Crippen LogP contribution in [0.5, 0.6) is 11.5 Å². The first-order valence-electron chi connectivity index (χ1n) is 10.5. The van der Waals surface area contributed by atoms with E-state index in [0.29, 0.717) is 12.1 Å².